The largest absolute Gasteiger partial charge is 0.322 e. The van der Waals surface area contributed by atoms with Crippen LogP contribution in [-0.4, -0.2) is 22.4 Å². The summed E-state index contributed by atoms with van der Waals surface area (Å²) < 4.78 is 0. The molecule has 0 aliphatic carbocycles. The van der Waals surface area contributed by atoms with Crippen molar-refractivity contribution >= 4 is 22.4 Å². The third-order valence-electron chi connectivity index (χ3n) is 4.33. The lowest BCUT2D eigenvalue weighted by Gasteiger charge is -2.14. The summed E-state index contributed by atoms with van der Waals surface area (Å²) >= 11 is 1.39. The predicted octanol–water partition coefficient (Wildman–Crippen LogP) is 4.44. The number of thiazole rings is 1. The number of hydrogen-bond donors (Lipinski definition) is 2. The van der Waals surface area contributed by atoms with Gasteiger partial charge in [0.25, 0.3) is 0 Å². The minimum absolute atomic E-state index is 0.0678. The highest BCUT2D eigenvalue weighted by Crippen LogP contribution is 2.40. The highest BCUT2D eigenvalue weighted by molar-refractivity contribution is 7.14. The Morgan fingerprint density at radius 3 is 2.43 bits per heavy atom. The van der Waals surface area contributed by atoms with Gasteiger partial charge < -0.3 is 11.1 Å². The van der Waals surface area contributed by atoms with Gasteiger partial charge in [-0.1, -0.05) is 48.5 Å². The summed E-state index contributed by atoms with van der Waals surface area (Å²) in [5.41, 5.74) is 11.6. The summed E-state index contributed by atoms with van der Waals surface area (Å²) in [5.74, 6) is -0.255. The summed E-state index contributed by atoms with van der Waals surface area (Å²) in [4.78, 5) is 20.3. The molecule has 28 heavy (non-hydrogen) atoms. The Hall–Kier alpha value is -3.35. The van der Waals surface area contributed by atoms with E-state index >= 15 is 0 Å². The number of nitrogens with two attached hydrogens (primary N) is 1. The number of anilines is 1. The van der Waals surface area contributed by atoms with Crippen molar-refractivity contribution in [3.8, 4) is 33.5 Å². The van der Waals surface area contributed by atoms with Gasteiger partial charge in [-0.15, -0.1) is 11.3 Å². The number of rotatable bonds is 5. The van der Waals surface area contributed by atoms with Crippen molar-refractivity contribution in [1.82, 2.24) is 9.97 Å². The zero-order chi connectivity index (χ0) is 19.3. The van der Waals surface area contributed by atoms with E-state index in [4.69, 9.17) is 5.73 Å². The lowest BCUT2D eigenvalue weighted by Crippen LogP contribution is -2.21. The number of carbonyl (C=O) groups is 1. The first-order valence-electron chi connectivity index (χ1n) is 8.81. The van der Waals surface area contributed by atoms with Crippen LogP contribution in [0, 0.1) is 0 Å². The van der Waals surface area contributed by atoms with Crippen LogP contribution >= 0.6 is 11.3 Å². The van der Waals surface area contributed by atoms with E-state index in [1.807, 2.05) is 41.8 Å². The van der Waals surface area contributed by atoms with Crippen LogP contribution in [0.2, 0.25) is 0 Å². The van der Waals surface area contributed by atoms with Crippen molar-refractivity contribution in [2.45, 2.75) is 0 Å². The number of aromatic nitrogens is 2. The van der Waals surface area contributed by atoms with Crippen molar-refractivity contribution in [2.75, 3.05) is 11.9 Å². The molecule has 4 rings (SSSR count). The molecule has 6 heteroatoms. The number of nitrogens with zero attached hydrogens (tertiary/aromatic N) is 2. The summed E-state index contributed by atoms with van der Waals surface area (Å²) in [6.45, 7) is -0.0678. The standard InChI is InChI=1S/C22H18N4OS/c23-13-20(27)26-22-25-19(14-28-22)18-8-4-7-17(15-9-11-24-12-10-15)21(18)16-5-2-1-3-6-16/h1-12,14H,13,23H2,(H,25,26,27). The molecule has 0 saturated heterocycles. The molecular weight excluding hydrogens is 368 g/mol. The lowest BCUT2D eigenvalue weighted by molar-refractivity contribution is -0.114. The van der Waals surface area contributed by atoms with Crippen LogP contribution in [0.25, 0.3) is 33.5 Å². The van der Waals surface area contributed by atoms with Crippen LogP contribution < -0.4 is 11.1 Å². The molecule has 0 bridgehead atoms. The van der Waals surface area contributed by atoms with Gasteiger partial charge >= 0.3 is 0 Å². The number of amides is 1. The number of nitrogens with one attached hydrogen (secondary N) is 1. The van der Waals surface area contributed by atoms with Crippen LogP contribution in [0.3, 0.4) is 0 Å². The Morgan fingerprint density at radius 1 is 0.929 bits per heavy atom. The van der Waals surface area contributed by atoms with Crippen LogP contribution in [-0.2, 0) is 4.79 Å². The lowest BCUT2D eigenvalue weighted by atomic mass is 9.90. The summed E-state index contributed by atoms with van der Waals surface area (Å²) in [5, 5.41) is 5.21. The second-order valence-corrected chi connectivity index (χ2v) is 6.98. The molecule has 138 valence electrons. The third-order valence-corrected chi connectivity index (χ3v) is 5.09. The molecule has 0 aliphatic heterocycles. The Morgan fingerprint density at radius 2 is 1.68 bits per heavy atom. The van der Waals surface area contributed by atoms with E-state index in [9.17, 15) is 4.79 Å². The van der Waals surface area contributed by atoms with Gasteiger partial charge in [0.05, 0.1) is 12.2 Å². The molecular formula is C22H18N4OS. The maximum absolute atomic E-state index is 11.6. The van der Waals surface area contributed by atoms with Crippen molar-refractivity contribution in [1.29, 1.82) is 0 Å². The van der Waals surface area contributed by atoms with Crippen molar-refractivity contribution in [3.05, 3.63) is 78.4 Å². The molecule has 2 aromatic carbocycles. The highest BCUT2D eigenvalue weighted by atomic mass is 32.1. The van der Waals surface area contributed by atoms with E-state index in [1.165, 1.54) is 11.3 Å². The first-order valence-corrected chi connectivity index (χ1v) is 9.69. The van der Waals surface area contributed by atoms with Gasteiger partial charge in [-0.05, 0) is 34.4 Å². The summed E-state index contributed by atoms with van der Waals surface area (Å²) in [6, 6.07) is 20.4. The monoisotopic (exact) mass is 386 g/mol. The minimum atomic E-state index is -0.255. The van der Waals surface area contributed by atoms with Crippen molar-refractivity contribution in [3.63, 3.8) is 0 Å². The summed E-state index contributed by atoms with van der Waals surface area (Å²) in [7, 11) is 0. The van der Waals surface area contributed by atoms with E-state index in [0.717, 1.165) is 33.5 Å². The molecule has 0 spiro atoms. The molecule has 2 aromatic heterocycles. The van der Waals surface area contributed by atoms with Gasteiger partial charge in [-0.3, -0.25) is 9.78 Å². The van der Waals surface area contributed by atoms with Crippen LogP contribution in [0.1, 0.15) is 0 Å². The van der Waals surface area contributed by atoms with Gasteiger partial charge in [-0.2, -0.15) is 0 Å². The van der Waals surface area contributed by atoms with Gasteiger partial charge in [0.2, 0.25) is 5.91 Å². The Balaban J connectivity index is 1.87. The zero-order valence-corrected chi connectivity index (χ0v) is 15.8. The van der Waals surface area contributed by atoms with Crippen LogP contribution in [0.4, 0.5) is 5.13 Å². The van der Waals surface area contributed by atoms with Gasteiger partial charge in [-0.25, -0.2) is 4.98 Å². The molecule has 0 radical (unpaired) electrons. The SMILES string of the molecule is NCC(=O)Nc1nc(-c2cccc(-c3ccncc3)c2-c2ccccc2)cs1. The smallest absolute Gasteiger partial charge is 0.239 e. The molecule has 0 saturated carbocycles. The first kappa shape index (κ1) is 18.0. The van der Waals surface area contributed by atoms with Crippen molar-refractivity contribution in [2.24, 2.45) is 5.73 Å². The van der Waals surface area contributed by atoms with E-state index in [0.29, 0.717) is 5.13 Å². The maximum Gasteiger partial charge on any atom is 0.239 e. The van der Waals surface area contributed by atoms with Crippen LogP contribution in [0.15, 0.2) is 78.4 Å². The number of benzene rings is 2. The Bertz CT molecular complexity index is 1090. The molecule has 2 heterocycles. The maximum atomic E-state index is 11.6. The number of carbonyl (C=O) groups excluding carboxylic acids is 1. The first-order chi connectivity index (χ1) is 13.8. The third kappa shape index (κ3) is 3.69. The number of pyridine rings is 1. The fourth-order valence-corrected chi connectivity index (χ4v) is 3.81. The Kier molecular flexibility index (Phi) is 5.23. The fourth-order valence-electron chi connectivity index (χ4n) is 3.08. The van der Waals surface area contributed by atoms with Crippen molar-refractivity contribution < 1.29 is 4.79 Å². The average Bonchev–Trinajstić information content (AvgIpc) is 3.22. The Labute approximate surface area is 166 Å². The van der Waals surface area contributed by atoms with E-state index < -0.39 is 0 Å². The number of hydrogen-bond acceptors (Lipinski definition) is 5. The quantitative estimate of drug-likeness (QED) is 0.531. The molecule has 5 nitrogen and oxygen atoms in total. The van der Waals surface area contributed by atoms with E-state index in [2.05, 4.69) is 39.6 Å². The second kappa shape index (κ2) is 8.12. The second-order valence-electron chi connectivity index (χ2n) is 6.12. The average molecular weight is 386 g/mol. The minimum Gasteiger partial charge on any atom is -0.322 e. The van der Waals surface area contributed by atoms with Crippen LogP contribution in [0.5, 0.6) is 0 Å². The zero-order valence-electron chi connectivity index (χ0n) is 15.0. The fraction of sp³-hybridized carbons (Fsp3) is 0.0455. The molecule has 0 unspecified atom stereocenters. The topological polar surface area (TPSA) is 80.9 Å². The van der Waals surface area contributed by atoms with Gasteiger partial charge in [0.15, 0.2) is 5.13 Å². The molecule has 0 aliphatic rings. The predicted molar refractivity (Wildman–Crippen MR) is 114 cm³/mol. The molecule has 4 aromatic rings. The van der Waals surface area contributed by atoms with E-state index in [-0.39, 0.29) is 12.5 Å². The normalized spacial score (nSPS) is 10.6. The molecule has 3 N–H and O–H groups in total. The molecule has 1 amide bonds. The molecule has 0 atom stereocenters. The van der Waals surface area contributed by atoms with Gasteiger partial charge in [0.1, 0.15) is 0 Å². The van der Waals surface area contributed by atoms with Gasteiger partial charge in [0, 0.05) is 23.3 Å². The van der Waals surface area contributed by atoms with E-state index in [1.54, 1.807) is 12.4 Å². The highest BCUT2D eigenvalue weighted by Gasteiger charge is 2.16. The summed E-state index contributed by atoms with van der Waals surface area (Å²) in [6.07, 6.45) is 3.58. The molecule has 0 fully saturated rings.